The van der Waals surface area contributed by atoms with Crippen LogP contribution in [0.4, 0.5) is 0 Å². The van der Waals surface area contributed by atoms with Crippen LogP contribution in [0.1, 0.15) is 29.0 Å². The van der Waals surface area contributed by atoms with E-state index < -0.39 is 0 Å². The summed E-state index contributed by atoms with van der Waals surface area (Å²) in [4.78, 5) is 14.8. The molecule has 1 aliphatic rings. The Balaban J connectivity index is 1.25. The van der Waals surface area contributed by atoms with Crippen LogP contribution in [0.2, 0.25) is 0 Å². The van der Waals surface area contributed by atoms with Crippen molar-refractivity contribution in [3.05, 3.63) is 72.0 Å². The molecule has 0 radical (unpaired) electrons. The second-order valence-corrected chi connectivity index (χ2v) is 7.06. The van der Waals surface area contributed by atoms with Crippen molar-refractivity contribution >= 4 is 16.9 Å². The second kappa shape index (κ2) is 7.75. The van der Waals surface area contributed by atoms with E-state index in [1.807, 2.05) is 30.3 Å². The first-order chi connectivity index (χ1) is 12.8. The van der Waals surface area contributed by atoms with E-state index in [9.17, 15) is 4.79 Å². The number of para-hydroxylation sites is 1. The lowest BCUT2D eigenvalue weighted by atomic mass is 9.96. The van der Waals surface area contributed by atoms with Crippen molar-refractivity contribution in [1.29, 1.82) is 0 Å². The molecule has 134 valence electrons. The number of carbonyl (C=O) groups excluding carboxylic acids is 1. The zero-order chi connectivity index (χ0) is 17.8. The lowest BCUT2D eigenvalue weighted by Crippen LogP contribution is -2.38. The van der Waals surface area contributed by atoms with E-state index in [4.69, 9.17) is 4.42 Å². The molecule has 1 amide bonds. The van der Waals surface area contributed by atoms with Gasteiger partial charge in [0.05, 0.1) is 0 Å². The fourth-order valence-electron chi connectivity index (χ4n) is 3.61. The molecular weight excluding hydrogens is 324 g/mol. The second-order valence-electron chi connectivity index (χ2n) is 7.06. The average molecular weight is 348 g/mol. The minimum absolute atomic E-state index is 0.118. The molecule has 0 bridgehead atoms. The molecule has 1 N–H and O–H groups in total. The van der Waals surface area contributed by atoms with Gasteiger partial charge in [0.2, 0.25) is 0 Å². The molecule has 0 aliphatic carbocycles. The molecule has 0 spiro atoms. The summed E-state index contributed by atoms with van der Waals surface area (Å²) in [6.07, 6.45) is 2.24. The maximum Gasteiger partial charge on any atom is 0.287 e. The molecular formula is C22H24N2O2. The highest BCUT2D eigenvalue weighted by Gasteiger charge is 2.20. The molecule has 4 heteroatoms. The first-order valence-corrected chi connectivity index (χ1v) is 9.31. The minimum Gasteiger partial charge on any atom is -0.451 e. The number of carbonyl (C=O) groups is 1. The summed E-state index contributed by atoms with van der Waals surface area (Å²) in [5.41, 5.74) is 2.12. The molecule has 1 fully saturated rings. The predicted octanol–water partition coefficient (Wildman–Crippen LogP) is 4.07. The summed E-state index contributed by atoms with van der Waals surface area (Å²) in [5, 5.41) is 4.01. The summed E-state index contributed by atoms with van der Waals surface area (Å²) in [6, 6.07) is 20.1. The zero-order valence-electron chi connectivity index (χ0n) is 14.9. The Morgan fingerprint density at radius 3 is 2.54 bits per heavy atom. The van der Waals surface area contributed by atoms with Gasteiger partial charge in [-0.1, -0.05) is 48.5 Å². The van der Waals surface area contributed by atoms with Crippen molar-refractivity contribution in [2.75, 3.05) is 19.6 Å². The fourth-order valence-corrected chi connectivity index (χ4v) is 3.61. The van der Waals surface area contributed by atoms with Gasteiger partial charge in [-0.15, -0.1) is 0 Å². The summed E-state index contributed by atoms with van der Waals surface area (Å²) in [5.74, 6) is 0.816. The van der Waals surface area contributed by atoms with Gasteiger partial charge in [0.25, 0.3) is 5.91 Å². The van der Waals surface area contributed by atoms with Gasteiger partial charge in [-0.2, -0.15) is 0 Å². The van der Waals surface area contributed by atoms with Crippen LogP contribution in [-0.2, 0) is 6.54 Å². The Morgan fingerprint density at radius 1 is 1.04 bits per heavy atom. The number of piperidine rings is 1. The third-order valence-corrected chi connectivity index (χ3v) is 5.16. The average Bonchev–Trinajstić information content (AvgIpc) is 3.12. The van der Waals surface area contributed by atoms with Gasteiger partial charge in [0.15, 0.2) is 5.76 Å². The Kier molecular flexibility index (Phi) is 5.02. The monoisotopic (exact) mass is 348 g/mol. The van der Waals surface area contributed by atoms with Gasteiger partial charge >= 0.3 is 0 Å². The summed E-state index contributed by atoms with van der Waals surface area (Å²) in [6.45, 7) is 3.90. The number of amides is 1. The summed E-state index contributed by atoms with van der Waals surface area (Å²) in [7, 11) is 0. The van der Waals surface area contributed by atoms with Crippen LogP contribution in [-0.4, -0.2) is 30.4 Å². The predicted molar refractivity (Wildman–Crippen MR) is 103 cm³/mol. The zero-order valence-corrected chi connectivity index (χ0v) is 14.9. The Hall–Kier alpha value is -2.59. The largest absolute Gasteiger partial charge is 0.451 e. The van der Waals surface area contributed by atoms with Gasteiger partial charge in [-0.05, 0) is 49.5 Å². The number of hydrogen-bond acceptors (Lipinski definition) is 3. The molecule has 4 nitrogen and oxygen atoms in total. The lowest BCUT2D eigenvalue weighted by molar-refractivity contribution is 0.0910. The SMILES string of the molecule is O=C(NCC1CCN(Cc2ccccc2)CC1)c1cc2ccccc2o1. The number of hydrogen-bond donors (Lipinski definition) is 1. The van der Waals surface area contributed by atoms with Crippen molar-refractivity contribution in [2.45, 2.75) is 19.4 Å². The Morgan fingerprint density at radius 2 is 1.77 bits per heavy atom. The topological polar surface area (TPSA) is 45.5 Å². The number of furan rings is 1. The maximum atomic E-state index is 12.3. The summed E-state index contributed by atoms with van der Waals surface area (Å²) < 4.78 is 5.63. The molecule has 2 aromatic carbocycles. The molecule has 1 saturated heterocycles. The van der Waals surface area contributed by atoms with Gasteiger partial charge in [0, 0.05) is 18.5 Å². The van der Waals surface area contributed by atoms with Crippen molar-refractivity contribution in [1.82, 2.24) is 10.2 Å². The summed E-state index contributed by atoms with van der Waals surface area (Å²) >= 11 is 0. The van der Waals surface area contributed by atoms with E-state index in [1.165, 1.54) is 5.56 Å². The number of nitrogens with one attached hydrogen (secondary N) is 1. The van der Waals surface area contributed by atoms with E-state index in [1.54, 1.807) is 0 Å². The highest BCUT2D eigenvalue weighted by atomic mass is 16.3. The molecule has 3 aromatic rings. The first kappa shape index (κ1) is 16.9. The normalized spacial score (nSPS) is 16.0. The van der Waals surface area contributed by atoms with Crippen molar-refractivity contribution < 1.29 is 9.21 Å². The van der Waals surface area contributed by atoms with Crippen LogP contribution in [0.15, 0.2) is 65.1 Å². The van der Waals surface area contributed by atoms with Gasteiger partial charge < -0.3 is 9.73 Å². The van der Waals surface area contributed by atoms with E-state index in [2.05, 4.69) is 40.5 Å². The van der Waals surface area contributed by atoms with Crippen LogP contribution in [0, 0.1) is 5.92 Å². The molecule has 0 atom stereocenters. The van der Waals surface area contributed by atoms with Crippen molar-refractivity contribution in [3.8, 4) is 0 Å². The van der Waals surface area contributed by atoms with E-state index in [0.717, 1.165) is 50.0 Å². The smallest absolute Gasteiger partial charge is 0.287 e. The maximum absolute atomic E-state index is 12.3. The standard InChI is InChI=1S/C22H24N2O2/c25-22(21-14-19-8-4-5-9-20(19)26-21)23-15-17-10-12-24(13-11-17)16-18-6-2-1-3-7-18/h1-9,14,17H,10-13,15-16H2,(H,23,25). The van der Waals surface area contributed by atoms with Crippen LogP contribution in [0.5, 0.6) is 0 Å². The number of likely N-dealkylation sites (tertiary alicyclic amines) is 1. The number of nitrogens with zero attached hydrogens (tertiary/aromatic N) is 1. The molecule has 0 unspecified atom stereocenters. The van der Waals surface area contributed by atoms with Crippen molar-refractivity contribution in [2.24, 2.45) is 5.92 Å². The third-order valence-electron chi connectivity index (χ3n) is 5.16. The number of fused-ring (bicyclic) bond motifs is 1. The molecule has 0 saturated carbocycles. The third kappa shape index (κ3) is 3.97. The van der Waals surface area contributed by atoms with Crippen LogP contribution in [0.25, 0.3) is 11.0 Å². The van der Waals surface area contributed by atoms with Crippen LogP contribution >= 0.6 is 0 Å². The highest BCUT2D eigenvalue weighted by molar-refractivity contribution is 5.96. The molecule has 2 heterocycles. The quantitative estimate of drug-likeness (QED) is 0.756. The van der Waals surface area contributed by atoms with Gasteiger partial charge in [-0.3, -0.25) is 9.69 Å². The number of rotatable bonds is 5. The molecule has 4 rings (SSSR count). The minimum atomic E-state index is -0.118. The molecule has 26 heavy (non-hydrogen) atoms. The first-order valence-electron chi connectivity index (χ1n) is 9.31. The van der Waals surface area contributed by atoms with Crippen LogP contribution in [0.3, 0.4) is 0 Å². The lowest BCUT2D eigenvalue weighted by Gasteiger charge is -2.32. The molecule has 1 aromatic heterocycles. The fraction of sp³-hybridized carbons (Fsp3) is 0.318. The molecule has 1 aliphatic heterocycles. The van der Waals surface area contributed by atoms with Gasteiger partial charge in [0.1, 0.15) is 5.58 Å². The Labute approximate surface area is 153 Å². The Bertz CT molecular complexity index is 831. The van der Waals surface area contributed by atoms with E-state index in [0.29, 0.717) is 11.7 Å². The highest BCUT2D eigenvalue weighted by Crippen LogP contribution is 2.20. The van der Waals surface area contributed by atoms with Crippen molar-refractivity contribution in [3.63, 3.8) is 0 Å². The van der Waals surface area contributed by atoms with Crippen LogP contribution < -0.4 is 5.32 Å². The number of benzene rings is 2. The van der Waals surface area contributed by atoms with Gasteiger partial charge in [-0.25, -0.2) is 0 Å². The van der Waals surface area contributed by atoms with E-state index >= 15 is 0 Å². The van der Waals surface area contributed by atoms with E-state index in [-0.39, 0.29) is 5.91 Å².